The molecule has 0 spiro atoms. The molecule has 1 aromatic rings. The number of carboxylic acid groups (broad SMARTS) is 1. The Morgan fingerprint density at radius 2 is 2.21 bits per heavy atom. The molecule has 4 atom stereocenters. The third-order valence-corrected chi connectivity index (χ3v) is 5.06. The lowest BCUT2D eigenvalue weighted by Gasteiger charge is -2.28. The maximum Gasteiger partial charge on any atom is 0.326 e. The van der Waals surface area contributed by atoms with E-state index in [0.29, 0.717) is 36.6 Å². The van der Waals surface area contributed by atoms with Crippen LogP contribution in [0.15, 0.2) is 18.2 Å². The van der Waals surface area contributed by atoms with Gasteiger partial charge in [-0.3, -0.25) is 4.79 Å². The lowest BCUT2D eigenvalue weighted by Crippen LogP contribution is -2.49. The summed E-state index contributed by atoms with van der Waals surface area (Å²) in [6, 6.07) is 3.44. The van der Waals surface area contributed by atoms with E-state index in [2.05, 4.69) is 5.32 Å². The number of hydrogen-bond donors (Lipinski definition) is 2. The van der Waals surface area contributed by atoms with Crippen molar-refractivity contribution < 1.29 is 23.8 Å². The Kier molecular flexibility index (Phi) is 5.06. The van der Waals surface area contributed by atoms with Crippen LogP contribution < -0.4 is 5.32 Å². The van der Waals surface area contributed by atoms with Gasteiger partial charge < -0.3 is 15.2 Å². The molecule has 1 aliphatic carbocycles. The average Bonchev–Trinajstić information content (AvgIpc) is 3.33. The van der Waals surface area contributed by atoms with Crippen molar-refractivity contribution in [2.75, 3.05) is 13.2 Å². The summed E-state index contributed by atoms with van der Waals surface area (Å²) in [6.45, 7) is 0.942. The molecular weight excluding hydrogens is 337 g/mol. The van der Waals surface area contributed by atoms with E-state index >= 15 is 0 Å². The zero-order valence-corrected chi connectivity index (χ0v) is 13.8. The summed E-state index contributed by atoms with van der Waals surface area (Å²) in [5.74, 6) is -2.84. The summed E-state index contributed by atoms with van der Waals surface area (Å²) in [4.78, 5) is 23.9. The van der Waals surface area contributed by atoms with Crippen LogP contribution in [0.2, 0.25) is 5.02 Å². The normalized spacial score (nSPS) is 27.3. The molecular formula is C17H19ClFNO4. The molecule has 1 amide bonds. The fraction of sp³-hybridized carbons (Fsp3) is 0.529. The van der Waals surface area contributed by atoms with Crippen LogP contribution in [0.3, 0.4) is 0 Å². The molecule has 130 valence electrons. The number of halogens is 2. The second-order valence-corrected chi connectivity index (χ2v) is 6.79. The SMILES string of the molecule is O=C(NC(C(=O)O)C1CCCOC1)C1CC1c1c(F)cccc1Cl. The van der Waals surface area contributed by atoms with E-state index in [-0.39, 0.29) is 17.7 Å². The summed E-state index contributed by atoms with van der Waals surface area (Å²) in [5.41, 5.74) is 0.340. The molecule has 2 fully saturated rings. The van der Waals surface area contributed by atoms with Gasteiger partial charge in [-0.05, 0) is 31.4 Å². The first-order valence-electron chi connectivity index (χ1n) is 8.04. The second kappa shape index (κ2) is 7.07. The maximum absolute atomic E-state index is 13.9. The third kappa shape index (κ3) is 3.54. The smallest absolute Gasteiger partial charge is 0.326 e. The Labute approximate surface area is 144 Å². The van der Waals surface area contributed by atoms with Crippen LogP contribution >= 0.6 is 11.6 Å². The van der Waals surface area contributed by atoms with Gasteiger partial charge in [-0.15, -0.1) is 0 Å². The highest BCUT2D eigenvalue weighted by Gasteiger charge is 2.47. The Morgan fingerprint density at radius 3 is 2.83 bits per heavy atom. The molecule has 0 bridgehead atoms. The number of nitrogens with one attached hydrogen (secondary N) is 1. The molecule has 1 aliphatic heterocycles. The van der Waals surface area contributed by atoms with Crippen molar-refractivity contribution in [1.82, 2.24) is 5.32 Å². The monoisotopic (exact) mass is 355 g/mol. The minimum absolute atomic E-state index is 0.241. The van der Waals surface area contributed by atoms with Gasteiger partial charge in [0.25, 0.3) is 0 Å². The largest absolute Gasteiger partial charge is 0.480 e. The second-order valence-electron chi connectivity index (χ2n) is 6.39. The number of aliphatic carboxylic acids is 1. The predicted octanol–water partition coefficient (Wildman–Crippen LogP) is 2.58. The van der Waals surface area contributed by atoms with Crippen molar-refractivity contribution in [1.29, 1.82) is 0 Å². The van der Waals surface area contributed by atoms with Gasteiger partial charge in [0.05, 0.1) is 6.61 Å². The Morgan fingerprint density at radius 1 is 1.42 bits per heavy atom. The van der Waals surface area contributed by atoms with E-state index in [4.69, 9.17) is 16.3 Å². The number of carboxylic acids is 1. The van der Waals surface area contributed by atoms with E-state index in [1.807, 2.05) is 0 Å². The van der Waals surface area contributed by atoms with Crippen molar-refractivity contribution >= 4 is 23.5 Å². The van der Waals surface area contributed by atoms with E-state index in [1.165, 1.54) is 12.1 Å². The van der Waals surface area contributed by atoms with E-state index in [9.17, 15) is 19.1 Å². The van der Waals surface area contributed by atoms with Crippen molar-refractivity contribution in [2.45, 2.75) is 31.2 Å². The average molecular weight is 356 g/mol. The van der Waals surface area contributed by atoms with E-state index in [1.54, 1.807) is 6.07 Å². The maximum atomic E-state index is 13.9. The van der Waals surface area contributed by atoms with Crippen LogP contribution in [-0.2, 0) is 14.3 Å². The van der Waals surface area contributed by atoms with Crippen LogP contribution in [-0.4, -0.2) is 36.2 Å². The molecule has 1 aromatic carbocycles. The van der Waals surface area contributed by atoms with Crippen LogP contribution in [0.4, 0.5) is 4.39 Å². The van der Waals surface area contributed by atoms with Crippen molar-refractivity contribution in [2.24, 2.45) is 11.8 Å². The minimum Gasteiger partial charge on any atom is -0.480 e. The minimum atomic E-state index is -1.07. The number of benzene rings is 1. The summed E-state index contributed by atoms with van der Waals surface area (Å²) < 4.78 is 19.2. The zero-order chi connectivity index (χ0) is 17.3. The number of amides is 1. The Hall–Kier alpha value is -1.66. The first kappa shape index (κ1) is 17.2. The molecule has 5 nitrogen and oxygen atoms in total. The van der Waals surface area contributed by atoms with Crippen LogP contribution in [0.25, 0.3) is 0 Å². The highest BCUT2D eigenvalue weighted by molar-refractivity contribution is 6.31. The predicted molar refractivity (Wildman–Crippen MR) is 85.4 cm³/mol. The van der Waals surface area contributed by atoms with Gasteiger partial charge >= 0.3 is 5.97 Å². The molecule has 4 unspecified atom stereocenters. The van der Waals surface area contributed by atoms with Gasteiger partial charge in [-0.1, -0.05) is 17.7 Å². The van der Waals surface area contributed by atoms with Crippen molar-refractivity contribution in [3.63, 3.8) is 0 Å². The van der Waals surface area contributed by atoms with Gasteiger partial charge in [0.15, 0.2) is 0 Å². The number of ether oxygens (including phenoxy) is 1. The molecule has 24 heavy (non-hydrogen) atoms. The molecule has 0 radical (unpaired) electrons. The van der Waals surface area contributed by atoms with Crippen LogP contribution in [0.1, 0.15) is 30.7 Å². The highest BCUT2D eigenvalue weighted by atomic mass is 35.5. The van der Waals surface area contributed by atoms with Gasteiger partial charge in [0.2, 0.25) is 5.91 Å². The Balaban J connectivity index is 1.66. The van der Waals surface area contributed by atoms with Gasteiger partial charge in [0.1, 0.15) is 11.9 Å². The number of carbonyl (C=O) groups is 2. The highest BCUT2D eigenvalue weighted by Crippen LogP contribution is 2.50. The lowest BCUT2D eigenvalue weighted by molar-refractivity contribution is -0.145. The van der Waals surface area contributed by atoms with Gasteiger partial charge in [0, 0.05) is 34.9 Å². The quantitative estimate of drug-likeness (QED) is 0.851. The molecule has 1 heterocycles. The number of carbonyl (C=O) groups excluding carboxylic acids is 1. The summed E-state index contributed by atoms with van der Waals surface area (Å²) in [7, 11) is 0. The molecule has 1 saturated carbocycles. The number of rotatable bonds is 5. The molecule has 7 heteroatoms. The van der Waals surface area contributed by atoms with Gasteiger partial charge in [-0.25, -0.2) is 9.18 Å². The molecule has 3 rings (SSSR count). The van der Waals surface area contributed by atoms with Crippen LogP contribution in [0, 0.1) is 17.7 Å². The van der Waals surface area contributed by atoms with Crippen molar-refractivity contribution in [3.8, 4) is 0 Å². The van der Waals surface area contributed by atoms with Crippen molar-refractivity contribution in [3.05, 3.63) is 34.6 Å². The molecule has 0 aromatic heterocycles. The summed E-state index contributed by atoms with van der Waals surface area (Å²) in [5, 5.41) is 12.3. The molecule has 2 N–H and O–H groups in total. The fourth-order valence-electron chi connectivity index (χ4n) is 3.34. The summed E-state index contributed by atoms with van der Waals surface area (Å²) in [6.07, 6.45) is 1.95. The topological polar surface area (TPSA) is 75.6 Å². The summed E-state index contributed by atoms with van der Waals surface area (Å²) >= 11 is 6.03. The van der Waals surface area contributed by atoms with E-state index < -0.39 is 23.7 Å². The van der Waals surface area contributed by atoms with Crippen LogP contribution in [0.5, 0.6) is 0 Å². The lowest BCUT2D eigenvalue weighted by atomic mass is 9.93. The van der Waals surface area contributed by atoms with E-state index in [0.717, 1.165) is 6.42 Å². The Bertz CT molecular complexity index is 627. The number of hydrogen-bond acceptors (Lipinski definition) is 3. The zero-order valence-electron chi connectivity index (χ0n) is 13.0. The first-order valence-corrected chi connectivity index (χ1v) is 8.41. The fourth-order valence-corrected chi connectivity index (χ4v) is 3.64. The standard InChI is InChI=1S/C17H19ClFNO4/c18-12-4-1-5-13(19)14(12)10-7-11(10)16(21)20-15(17(22)23)9-3-2-6-24-8-9/h1,4-5,9-11,15H,2-3,6-8H2,(H,20,21)(H,22,23). The van der Waals surface area contributed by atoms with Gasteiger partial charge in [-0.2, -0.15) is 0 Å². The first-order chi connectivity index (χ1) is 11.5. The third-order valence-electron chi connectivity index (χ3n) is 4.73. The molecule has 2 aliphatic rings. The molecule has 1 saturated heterocycles.